The largest absolute Gasteiger partial charge is 0.396 e. The van der Waals surface area contributed by atoms with Crippen LogP contribution in [0.15, 0.2) is 0 Å². The molecule has 0 radical (unpaired) electrons. The summed E-state index contributed by atoms with van der Waals surface area (Å²) < 4.78 is 0. The molecule has 7 atom stereocenters. The van der Waals surface area contributed by atoms with Gasteiger partial charge in [-0.05, 0) is 86.4 Å². The number of nitrogens with one attached hydrogen (secondary N) is 1. The SMILES string of the molecule is C[C@]12CCC(=O)N[C@@H]1CC[C@@H]1[C@@H]2CC[C@@]2(C)[C@H]1CC[C@@]2(O)CCCCCO. The molecule has 0 unspecified atom stereocenters. The van der Waals surface area contributed by atoms with Crippen molar-refractivity contribution in [3.8, 4) is 0 Å². The molecule has 3 N–H and O–H groups in total. The van der Waals surface area contributed by atoms with Gasteiger partial charge in [0.15, 0.2) is 0 Å². The van der Waals surface area contributed by atoms with Crippen LogP contribution in [-0.4, -0.2) is 34.4 Å². The van der Waals surface area contributed by atoms with Crippen molar-refractivity contribution in [2.24, 2.45) is 28.6 Å². The summed E-state index contributed by atoms with van der Waals surface area (Å²) in [5.41, 5.74) is -0.217. The lowest BCUT2D eigenvalue weighted by atomic mass is 9.46. The number of aliphatic hydroxyl groups is 2. The van der Waals surface area contributed by atoms with E-state index in [4.69, 9.17) is 5.11 Å². The lowest BCUT2D eigenvalue weighted by Gasteiger charge is -2.61. The van der Waals surface area contributed by atoms with Crippen molar-refractivity contribution in [2.75, 3.05) is 6.61 Å². The zero-order valence-electron chi connectivity index (χ0n) is 17.3. The fraction of sp³-hybridized carbons (Fsp3) is 0.957. The van der Waals surface area contributed by atoms with Gasteiger partial charge in [0.1, 0.15) is 0 Å². The van der Waals surface area contributed by atoms with Crippen LogP contribution in [0.2, 0.25) is 0 Å². The van der Waals surface area contributed by atoms with Gasteiger partial charge in [0.2, 0.25) is 5.91 Å². The molecule has 154 valence electrons. The zero-order valence-corrected chi connectivity index (χ0v) is 17.3. The maximum atomic E-state index is 11.9. The summed E-state index contributed by atoms with van der Waals surface area (Å²) in [7, 11) is 0. The van der Waals surface area contributed by atoms with Crippen molar-refractivity contribution < 1.29 is 15.0 Å². The number of hydrogen-bond acceptors (Lipinski definition) is 3. The van der Waals surface area contributed by atoms with Gasteiger partial charge in [-0.1, -0.05) is 26.7 Å². The van der Waals surface area contributed by atoms with E-state index in [2.05, 4.69) is 19.2 Å². The average molecular weight is 378 g/mol. The van der Waals surface area contributed by atoms with Crippen molar-refractivity contribution in [3.63, 3.8) is 0 Å². The molecular formula is C23H39NO3. The summed E-state index contributed by atoms with van der Waals surface area (Å²) in [4.78, 5) is 11.9. The van der Waals surface area contributed by atoms with Gasteiger partial charge in [-0.3, -0.25) is 4.79 Å². The first kappa shape index (κ1) is 19.7. The first-order valence-electron chi connectivity index (χ1n) is 11.5. The van der Waals surface area contributed by atoms with Gasteiger partial charge in [0, 0.05) is 19.1 Å². The maximum absolute atomic E-state index is 11.9. The van der Waals surface area contributed by atoms with Crippen LogP contribution in [0.3, 0.4) is 0 Å². The standard InChI is InChI=1S/C23H39NO3/c1-21-12-10-20(26)24-19(21)7-6-16-17(21)8-13-22(2)18(16)9-14-23(22,27)11-4-3-5-15-25/h16-19,25,27H,3-15H2,1-2H3,(H,24,26)/t16-,17+,18+,19-,21-,22+,23+/m1/s1. The first-order chi connectivity index (χ1) is 12.8. The molecule has 4 heteroatoms. The maximum Gasteiger partial charge on any atom is 0.220 e. The minimum atomic E-state index is -0.517. The van der Waals surface area contributed by atoms with Crippen molar-refractivity contribution in [1.82, 2.24) is 5.32 Å². The summed E-state index contributed by atoms with van der Waals surface area (Å²) in [5, 5.41) is 24.0. The summed E-state index contributed by atoms with van der Waals surface area (Å²) in [5.74, 6) is 2.29. The third-order valence-electron chi connectivity index (χ3n) is 9.66. The summed E-state index contributed by atoms with van der Waals surface area (Å²) >= 11 is 0. The van der Waals surface area contributed by atoms with Gasteiger partial charge in [-0.15, -0.1) is 0 Å². The number of carbonyl (C=O) groups excluding carboxylic acids is 1. The normalized spacial score (nSPS) is 49.1. The third kappa shape index (κ3) is 2.97. The molecule has 4 aliphatic rings. The first-order valence-corrected chi connectivity index (χ1v) is 11.5. The number of hydrogen-bond donors (Lipinski definition) is 3. The number of amides is 1. The number of fused-ring (bicyclic) bond motifs is 5. The second-order valence-corrected chi connectivity index (χ2v) is 10.6. The van der Waals surface area contributed by atoms with Crippen LogP contribution >= 0.6 is 0 Å². The number of carbonyl (C=O) groups is 1. The summed E-state index contributed by atoms with van der Waals surface area (Å²) in [6.07, 6.45) is 12.3. The monoisotopic (exact) mass is 377 g/mol. The van der Waals surface area contributed by atoms with Crippen molar-refractivity contribution in [1.29, 1.82) is 0 Å². The second kappa shape index (κ2) is 7.02. The molecule has 27 heavy (non-hydrogen) atoms. The second-order valence-electron chi connectivity index (χ2n) is 10.6. The van der Waals surface area contributed by atoms with E-state index in [9.17, 15) is 9.90 Å². The highest BCUT2D eigenvalue weighted by molar-refractivity contribution is 5.77. The molecule has 4 nitrogen and oxygen atoms in total. The van der Waals surface area contributed by atoms with Gasteiger partial charge in [-0.2, -0.15) is 0 Å². The molecule has 0 bridgehead atoms. The van der Waals surface area contributed by atoms with E-state index in [0.29, 0.717) is 30.2 Å². The van der Waals surface area contributed by atoms with Gasteiger partial charge in [0.25, 0.3) is 0 Å². The minimum absolute atomic E-state index is 0.0501. The Hall–Kier alpha value is -0.610. The van der Waals surface area contributed by atoms with Crippen LogP contribution in [0.25, 0.3) is 0 Å². The molecule has 4 fully saturated rings. The molecule has 0 aromatic heterocycles. The van der Waals surface area contributed by atoms with E-state index in [0.717, 1.165) is 51.4 Å². The Morgan fingerprint density at radius 1 is 1.00 bits per heavy atom. The smallest absolute Gasteiger partial charge is 0.220 e. The zero-order chi connectivity index (χ0) is 19.3. The van der Waals surface area contributed by atoms with E-state index < -0.39 is 5.60 Å². The van der Waals surface area contributed by atoms with E-state index >= 15 is 0 Å². The Bertz CT molecular complexity index is 580. The number of unbranched alkanes of at least 4 members (excludes halogenated alkanes) is 2. The number of aliphatic hydroxyl groups excluding tert-OH is 1. The van der Waals surface area contributed by atoms with Crippen LogP contribution in [0.4, 0.5) is 0 Å². The average Bonchev–Trinajstić information content (AvgIpc) is 2.91. The van der Waals surface area contributed by atoms with Gasteiger partial charge in [-0.25, -0.2) is 0 Å². The quantitative estimate of drug-likeness (QED) is 0.639. The molecule has 0 spiro atoms. The Morgan fingerprint density at radius 3 is 2.56 bits per heavy atom. The highest BCUT2D eigenvalue weighted by Crippen LogP contribution is 2.67. The van der Waals surface area contributed by atoms with Crippen LogP contribution in [-0.2, 0) is 4.79 Å². The topological polar surface area (TPSA) is 69.6 Å². The van der Waals surface area contributed by atoms with Gasteiger partial charge >= 0.3 is 0 Å². The molecule has 1 saturated heterocycles. The highest BCUT2D eigenvalue weighted by Gasteiger charge is 2.64. The van der Waals surface area contributed by atoms with Crippen LogP contribution in [0.1, 0.15) is 90.9 Å². The predicted molar refractivity (Wildman–Crippen MR) is 106 cm³/mol. The van der Waals surface area contributed by atoms with E-state index in [-0.39, 0.29) is 23.3 Å². The Morgan fingerprint density at radius 2 is 1.78 bits per heavy atom. The molecule has 1 amide bonds. The number of rotatable bonds is 5. The molecule has 3 saturated carbocycles. The molecule has 1 heterocycles. The van der Waals surface area contributed by atoms with Crippen molar-refractivity contribution in [2.45, 2.75) is 103 Å². The lowest BCUT2D eigenvalue weighted by molar-refractivity contribution is -0.153. The third-order valence-corrected chi connectivity index (χ3v) is 9.66. The Labute approximate surface area is 164 Å². The molecular weight excluding hydrogens is 338 g/mol. The van der Waals surface area contributed by atoms with Crippen LogP contribution < -0.4 is 5.32 Å². The lowest BCUT2D eigenvalue weighted by Crippen LogP contribution is -2.62. The van der Waals surface area contributed by atoms with Gasteiger partial charge in [0.05, 0.1) is 5.60 Å². The fourth-order valence-electron chi connectivity index (χ4n) is 7.93. The molecule has 0 aromatic carbocycles. The van der Waals surface area contributed by atoms with E-state index in [1.165, 1.54) is 19.3 Å². The van der Waals surface area contributed by atoms with E-state index in [1.54, 1.807) is 0 Å². The predicted octanol–water partition coefficient (Wildman–Crippen LogP) is 3.79. The minimum Gasteiger partial charge on any atom is -0.396 e. The van der Waals surface area contributed by atoms with Gasteiger partial charge < -0.3 is 15.5 Å². The molecule has 1 aliphatic heterocycles. The number of piperidine rings is 1. The van der Waals surface area contributed by atoms with Crippen LogP contribution in [0, 0.1) is 28.6 Å². The molecule has 4 rings (SSSR count). The Kier molecular flexibility index (Phi) is 5.12. The Balaban J connectivity index is 1.51. The summed E-state index contributed by atoms with van der Waals surface area (Å²) in [6.45, 7) is 5.08. The molecule has 3 aliphatic carbocycles. The van der Waals surface area contributed by atoms with Crippen LogP contribution in [0.5, 0.6) is 0 Å². The fourth-order valence-corrected chi connectivity index (χ4v) is 7.93. The molecule has 0 aromatic rings. The summed E-state index contributed by atoms with van der Waals surface area (Å²) in [6, 6.07) is 0.364. The highest BCUT2D eigenvalue weighted by atomic mass is 16.3. The van der Waals surface area contributed by atoms with E-state index in [1.807, 2.05) is 0 Å². The van der Waals surface area contributed by atoms with Crippen molar-refractivity contribution >= 4 is 5.91 Å². The van der Waals surface area contributed by atoms with Crippen molar-refractivity contribution in [3.05, 3.63) is 0 Å².